The zero-order chi connectivity index (χ0) is 16.4. The smallest absolute Gasteiger partial charge is 0.260 e. The molecule has 1 aromatic carbocycles. The average molecular weight is 326 g/mol. The molecule has 118 valence electrons. The first-order valence-corrected chi connectivity index (χ1v) is 8.38. The number of rotatable bonds is 4. The highest BCUT2D eigenvalue weighted by atomic mass is 32.1. The monoisotopic (exact) mass is 326 g/mol. The van der Waals surface area contributed by atoms with Gasteiger partial charge in [0.05, 0.1) is 10.9 Å². The molecular weight excluding hydrogens is 308 g/mol. The Morgan fingerprint density at radius 2 is 1.96 bits per heavy atom. The molecule has 4 nitrogen and oxygen atoms in total. The van der Waals surface area contributed by atoms with Crippen LogP contribution < -0.4 is 10.9 Å². The minimum absolute atomic E-state index is 0.0980. The summed E-state index contributed by atoms with van der Waals surface area (Å²) >= 11 is 1.49. The van der Waals surface area contributed by atoms with E-state index in [0.29, 0.717) is 24.0 Å². The Morgan fingerprint density at radius 1 is 1.22 bits per heavy atom. The Kier molecular flexibility index (Phi) is 4.30. The zero-order valence-corrected chi connectivity index (χ0v) is 13.9. The summed E-state index contributed by atoms with van der Waals surface area (Å²) in [4.78, 5) is 26.0. The van der Waals surface area contributed by atoms with E-state index >= 15 is 0 Å². The second-order valence-corrected chi connectivity index (χ2v) is 6.60. The van der Waals surface area contributed by atoms with Crippen LogP contribution in [0.5, 0.6) is 0 Å². The number of aryl methyl sites for hydroxylation is 2. The number of aromatic nitrogens is 1. The number of hydrogen-bond acceptors (Lipinski definition) is 3. The molecule has 0 unspecified atom stereocenters. The number of hydrogen-bond donors (Lipinski definition) is 1. The molecule has 0 saturated heterocycles. The van der Waals surface area contributed by atoms with Crippen LogP contribution in [-0.4, -0.2) is 10.5 Å². The van der Waals surface area contributed by atoms with E-state index in [1.807, 2.05) is 50.2 Å². The van der Waals surface area contributed by atoms with Gasteiger partial charge in [0, 0.05) is 28.9 Å². The van der Waals surface area contributed by atoms with Gasteiger partial charge in [-0.2, -0.15) is 0 Å². The van der Waals surface area contributed by atoms with E-state index in [-0.39, 0.29) is 11.5 Å². The first-order valence-electron chi connectivity index (χ1n) is 7.56. The van der Waals surface area contributed by atoms with Crippen molar-refractivity contribution in [3.8, 4) is 0 Å². The molecule has 1 N–H and O–H groups in total. The maximum atomic E-state index is 12.6. The zero-order valence-electron chi connectivity index (χ0n) is 13.1. The molecule has 5 heteroatoms. The van der Waals surface area contributed by atoms with Crippen LogP contribution in [0.4, 0.5) is 0 Å². The van der Waals surface area contributed by atoms with Crippen LogP contribution in [0.25, 0.3) is 10.1 Å². The van der Waals surface area contributed by atoms with Crippen molar-refractivity contribution in [3.05, 3.63) is 69.0 Å². The molecule has 1 amide bonds. The fourth-order valence-corrected chi connectivity index (χ4v) is 3.70. The second-order valence-electron chi connectivity index (χ2n) is 5.35. The number of thiophene rings is 1. The fourth-order valence-electron chi connectivity index (χ4n) is 2.65. The molecule has 0 aliphatic heterocycles. The normalized spacial score (nSPS) is 10.9. The lowest BCUT2D eigenvalue weighted by Gasteiger charge is -2.06. The molecule has 0 fully saturated rings. The predicted octanol–water partition coefficient (Wildman–Crippen LogP) is 3.32. The molecule has 2 heterocycles. The number of amides is 1. The van der Waals surface area contributed by atoms with E-state index in [9.17, 15) is 9.59 Å². The molecule has 0 atom stereocenters. The van der Waals surface area contributed by atoms with Crippen LogP contribution in [0.3, 0.4) is 0 Å². The minimum Gasteiger partial charge on any atom is -0.348 e. The molecule has 2 aromatic heterocycles. The van der Waals surface area contributed by atoms with Crippen molar-refractivity contribution in [1.82, 2.24) is 9.88 Å². The molecule has 0 radical (unpaired) electrons. The largest absolute Gasteiger partial charge is 0.348 e. The highest BCUT2D eigenvalue weighted by Crippen LogP contribution is 2.28. The van der Waals surface area contributed by atoms with Gasteiger partial charge in [-0.15, -0.1) is 11.3 Å². The van der Waals surface area contributed by atoms with Crippen LogP contribution in [0.15, 0.2) is 47.4 Å². The summed E-state index contributed by atoms with van der Waals surface area (Å²) in [5, 5.41) is 3.45. The van der Waals surface area contributed by atoms with Crippen LogP contribution in [-0.2, 0) is 13.1 Å². The van der Waals surface area contributed by atoms with Gasteiger partial charge in [-0.25, -0.2) is 0 Å². The van der Waals surface area contributed by atoms with Crippen molar-refractivity contribution >= 4 is 27.3 Å². The molecule has 0 aliphatic rings. The third kappa shape index (κ3) is 2.92. The number of nitrogens with one attached hydrogen (secondary N) is 1. The molecule has 3 rings (SSSR count). The average Bonchev–Trinajstić information content (AvgIpc) is 2.91. The van der Waals surface area contributed by atoms with Gasteiger partial charge in [0.15, 0.2) is 0 Å². The number of nitrogens with zero attached hydrogens (tertiary/aromatic N) is 1. The molecule has 0 saturated carbocycles. The van der Waals surface area contributed by atoms with Gasteiger partial charge in [-0.3, -0.25) is 9.59 Å². The lowest BCUT2D eigenvalue weighted by molar-refractivity contribution is 0.0952. The van der Waals surface area contributed by atoms with Gasteiger partial charge < -0.3 is 9.88 Å². The Bertz CT molecular complexity index is 910. The van der Waals surface area contributed by atoms with Gasteiger partial charge in [-0.05, 0) is 25.5 Å². The summed E-state index contributed by atoms with van der Waals surface area (Å²) in [5.41, 5.74) is 1.44. The van der Waals surface area contributed by atoms with Crippen LogP contribution in [0, 0.1) is 6.92 Å². The predicted molar refractivity (Wildman–Crippen MR) is 94.1 cm³/mol. The van der Waals surface area contributed by atoms with Gasteiger partial charge in [0.2, 0.25) is 0 Å². The van der Waals surface area contributed by atoms with E-state index < -0.39 is 0 Å². The molecular formula is C18H18N2O2S. The highest BCUT2D eigenvalue weighted by molar-refractivity contribution is 7.19. The second kappa shape index (κ2) is 6.38. The number of carbonyl (C=O) groups is 1. The summed E-state index contributed by atoms with van der Waals surface area (Å²) in [5.74, 6) is -0.191. The maximum absolute atomic E-state index is 12.6. The van der Waals surface area contributed by atoms with Crippen molar-refractivity contribution in [2.24, 2.45) is 0 Å². The molecule has 0 bridgehead atoms. The van der Waals surface area contributed by atoms with Crippen molar-refractivity contribution in [2.75, 3.05) is 0 Å². The number of fused-ring (bicyclic) bond motifs is 1. The third-order valence-corrected chi connectivity index (χ3v) is 4.93. The molecule has 23 heavy (non-hydrogen) atoms. The third-order valence-electron chi connectivity index (χ3n) is 3.86. The summed E-state index contributed by atoms with van der Waals surface area (Å²) < 4.78 is 2.49. The van der Waals surface area contributed by atoms with Crippen molar-refractivity contribution in [1.29, 1.82) is 0 Å². The number of pyridine rings is 1. The van der Waals surface area contributed by atoms with Crippen molar-refractivity contribution in [3.63, 3.8) is 0 Å². The topological polar surface area (TPSA) is 51.1 Å². The maximum Gasteiger partial charge on any atom is 0.260 e. The SMILES string of the molecule is CCn1ccc2sc(C)c(C(=O)NCc3ccccc3)c2c1=O. The fraction of sp³-hybridized carbons (Fsp3) is 0.222. The quantitative estimate of drug-likeness (QED) is 0.799. The van der Waals surface area contributed by atoms with Crippen molar-refractivity contribution in [2.45, 2.75) is 26.9 Å². The van der Waals surface area contributed by atoms with E-state index in [1.54, 1.807) is 10.8 Å². The Balaban J connectivity index is 1.97. The van der Waals surface area contributed by atoms with Crippen LogP contribution >= 0.6 is 11.3 Å². The summed E-state index contributed by atoms with van der Waals surface area (Å²) in [6.07, 6.45) is 1.78. The van der Waals surface area contributed by atoms with Crippen LogP contribution in [0.1, 0.15) is 27.7 Å². The lowest BCUT2D eigenvalue weighted by Crippen LogP contribution is -2.26. The van der Waals surface area contributed by atoms with Gasteiger partial charge in [0.25, 0.3) is 11.5 Å². The Hall–Kier alpha value is -2.40. The standard InChI is InChI=1S/C18H18N2O2S/c1-3-20-10-9-14-16(18(20)22)15(12(2)23-14)17(21)19-11-13-7-5-4-6-8-13/h4-10H,3,11H2,1-2H3,(H,19,21). The van der Waals surface area contributed by atoms with Gasteiger partial charge in [0.1, 0.15) is 0 Å². The van der Waals surface area contributed by atoms with E-state index in [4.69, 9.17) is 0 Å². The van der Waals surface area contributed by atoms with E-state index in [2.05, 4.69) is 5.32 Å². The highest BCUT2D eigenvalue weighted by Gasteiger charge is 2.19. The first-order chi connectivity index (χ1) is 11.1. The number of benzene rings is 1. The summed E-state index contributed by atoms with van der Waals surface area (Å²) in [6.45, 7) is 4.85. The van der Waals surface area contributed by atoms with Crippen LogP contribution in [0.2, 0.25) is 0 Å². The summed E-state index contributed by atoms with van der Waals surface area (Å²) in [6, 6.07) is 11.6. The minimum atomic E-state index is -0.191. The summed E-state index contributed by atoms with van der Waals surface area (Å²) in [7, 11) is 0. The first kappa shape index (κ1) is 15.5. The number of carbonyl (C=O) groups excluding carboxylic acids is 1. The lowest BCUT2D eigenvalue weighted by atomic mass is 10.1. The molecule has 3 aromatic rings. The Labute approximate surface area is 138 Å². The molecule has 0 spiro atoms. The van der Waals surface area contributed by atoms with Crippen molar-refractivity contribution < 1.29 is 4.79 Å². The van der Waals surface area contributed by atoms with E-state index in [1.165, 1.54) is 11.3 Å². The Morgan fingerprint density at radius 3 is 2.65 bits per heavy atom. The van der Waals surface area contributed by atoms with Gasteiger partial charge >= 0.3 is 0 Å². The van der Waals surface area contributed by atoms with Gasteiger partial charge in [-0.1, -0.05) is 30.3 Å². The molecule has 0 aliphatic carbocycles. The van der Waals surface area contributed by atoms with E-state index in [0.717, 1.165) is 15.1 Å².